The minimum atomic E-state index is -0.302. The number of phenolic OH excluding ortho intramolecular Hbond substituents is 1. The average molecular weight is 439 g/mol. The van der Waals surface area contributed by atoms with Gasteiger partial charge in [0, 0.05) is 28.7 Å². The summed E-state index contributed by atoms with van der Waals surface area (Å²) in [5.74, 6) is 0.0139. The normalized spacial score (nSPS) is 13.3. The lowest BCUT2D eigenvalue weighted by atomic mass is 9.84. The first-order valence-electron chi connectivity index (χ1n) is 11.3. The molecule has 0 bridgehead atoms. The lowest BCUT2D eigenvalue weighted by Crippen LogP contribution is -2.20. The Morgan fingerprint density at radius 1 is 0.938 bits per heavy atom. The Morgan fingerprint density at radius 3 is 2.31 bits per heavy atom. The summed E-state index contributed by atoms with van der Waals surface area (Å²) in [4.78, 5) is 37.5. The van der Waals surface area contributed by atoms with Crippen LogP contribution in [0.25, 0.3) is 0 Å². The van der Waals surface area contributed by atoms with Crippen molar-refractivity contribution in [1.82, 2.24) is 0 Å². The fourth-order valence-electron chi connectivity index (χ4n) is 3.79. The second kappa shape index (κ2) is 10.9. The zero-order valence-corrected chi connectivity index (χ0v) is 18.7. The largest absolute Gasteiger partial charge is 0.508 e. The molecule has 0 saturated heterocycles. The molecule has 0 heterocycles. The van der Waals surface area contributed by atoms with Crippen LogP contribution in [0.5, 0.6) is 11.5 Å². The Labute approximate surface area is 188 Å². The van der Waals surface area contributed by atoms with Crippen molar-refractivity contribution in [1.29, 1.82) is 0 Å². The molecule has 32 heavy (non-hydrogen) atoms. The van der Waals surface area contributed by atoms with Crippen molar-refractivity contribution in [2.24, 2.45) is 5.92 Å². The molecule has 0 fully saturated rings. The van der Waals surface area contributed by atoms with Crippen molar-refractivity contribution in [2.45, 2.75) is 52.4 Å². The Morgan fingerprint density at radius 2 is 1.62 bits per heavy atom. The lowest BCUT2D eigenvalue weighted by Gasteiger charge is -2.18. The molecule has 3 rings (SSSR count). The highest BCUT2D eigenvalue weighted by Gasteiger charge is 2.30. The molecule has 0 saturated carbocycles. The predicted molar refractivity (Wildman–Crippen MR) is 120 cm³/mol. The number of hydrogen-bond donors (Lipinski definition) is 1. The number of fused-ring (bicyclic) bond motifs is 2. The first-order chi connectivity index (χ1) is 15.4. The molecule has 0 aliphatic heterocycles. The van der Waals surface area contributed by atoms with Crippen molar-refractivity contribution < 1.29 is 29.0 Å². The Balaban J connectivity index is 1.51. The number of esters is 1. The fourth-order valence-corrected chi connectivity index (χ4v) is 3.79. The van der Waals surface area contributed by atoms with Crippen LogP contribution < -0.4 is 4.74 Å². The summed E-state index contributed by atoms with van der Waals surface area (Å²) in [7, 11) is 0. The summed E-state index contributed by atoms with van der Waals surface area (Å²) in [6.45, 7) is 5.03. The van der Waals surface area contributed by atoms with Crippen LogP contribution >= 0.6 is 0 Å². The van der Waals surface area contributed by atoms with Gasteiger partial charge in [0.2, 0.25) is 0 Å². The molecule has 0 aromatic heterocycles. The van der Waals surface area contributed by atoms with E-state index in [2.05, 4.69) is 13.8 Å². The standard InChI is InChI=1S/C26H30O6/c1-3-5-7-17(4-2)16-32-24(28)8-6-13-31-19-10-12-21-23(15-19)26(30)20-11-9-18(27)14-22(20)25(21)29/h9-12,14-15,17,27H,3-8,13,16H2,1-2H3. The molecule has 170 valence electrons. The van der Waals surface area contributed by atoms with Crippen LogP contribution in [-0.2, 0) is 9.53 Å². The quantitative estimate of drug-likeness (QED) is 0.331. The number of carbonyl (C=O) groups excluding carboxylic acids is 3. The molecule has 1 aliphatic carbocycles. The number of unbranched alkanes of at least 4 members (excludes halogenated alkanes) is 1. The van der Waals surface area contributed by atoms with Crippen LogP contribution in [0.3, 0.4) is 0 Å². The third kappa shape index (κ3) is 5.55. The van der Waals surface area contributed by atoms with E-state index in [1.54, 1.807) is 18.2 Å². The number of phenols is 1. The number of carbonyl (C=O) groups is 3. The third-order valence-corrected chi connectivity index (χ3v) is 5.79. The highest BCUT2D eigenvalue weighted by Crippen LogP contribution is 2.31. The van der Waals surface area contributed by atoms with Gasteiger partial charge in [0.15, 0.2) is 11.6 Å². The van der Waals surface area contributed by atoms with E-state index in [0.29, 0.717) is 31.3 Å². The number of rotatable bonds is 11. The SMILES string of the molecule is CCCCC(CC)COC(=O)CCCOc1ccc2c(c1)C(=O)c1ccc(O)cc1C2=O. The van der Waals surface area contributed by atoms with Crippen molar-refractivity contribution >= 4 is 17.5 Å². The van der Waals surface area contributed by atoms with Gasteiger partial charge in [-0.1, -0.05) is 33.1 Å². The van der Waals surface area contributed by atoms with Crippen LogP contribution in [-0.4, -0.2) is 35.9 Å². The molecule has 0 amide bonds. The molecule has 1 N–H and O–H groups in total. The summed E-state index contributed by atoms with van der Waals surface area (Å²) in [5, 5.41) is 9.64. The van der Waals surface area contributed by atoms with E-state index in [1.807, 2.05) is 0 Å². The molecule has 1 aliphatic rings. The van der Waals surface area contributed by atoms with E-state index in [1.165, 1.54) is 18.2 Å². The number of benzene rings is 2. The minimum Gasteiger partial charge on any atom is -0.508 e. The van der Waals surface area contributed by atoms with E-state index in [0.717, 1.165) is 25.7 Å². The summed E-state index contributed by atoms with van der Waals surface area (Å²) >= 11 is 0. The zero-order valence-electron chi connectivity index (χ0n) is 18.7. The Bertz CT molecular complexity index is 994. The van der Waals surface area contributed by atoms with Crippen molar-refractivity contribution in [3.63, 3.8) is 0 Å². The predicted octanol–water partition coefficient (Wildman–Crippen LogP) is 5.09. The van der Waals surface area contributed by atoms with Crippen LogP contribution in [0.4, 0.5) is 0 Å². The molecule has 1 unspecified atom stereocenters. The molecule has 6 heteroatoms. The molecule has 2 aromatic rings. The smallest absolute Gasteiger partial charge is 0.305 e. The van der Waals surface area contributed by atoms with Crippen molar-refractivity contribution in [2.75, 3.05) is 13.2 Å². The summed E-state index contributed by atoms with van der Waals surface area (Å²) in [6, 6.07) is 8.92. The number of ketones is 2. The van der Waals surface area contributed by atoms with Crippen LogP contribution in [0.15, 0.2) is 36.4 Å². The monoisotopic (exact) mass is 438 g/mol. The number of hydrogen-bond acceptors (Lipinski definition) is 6. The van der Waals surface area contributed by atoms with Crippen LogP contribution in [0.1, 0.15) is 84.2 Å². The molecule has 0 spiro atoms. The van der Waals surface area contributed by atoms with Gasteiger partial charge < -0.3 is 14.6 Å². The molecule has 1 atom stereocenters. The summed E-state index contributed by atoms with van der Waals surface area (Å²) < 4.78 is 11.1. The maximum atomic E-state index is 12.8. The second-order valence-electron chi connectivity index (χ2n) is 8.15. The summed E-state index contributed by atoms with van der Waals surface area (Å²) in [6.07, 6.45) is 5.13. The maximum Gasteiger partial charge on any atom is 0.305 e. The minimum absolute atomic E-state index is 0.0574. The highest BCUT2D eigenvalue weighted by molar-refractivity contribution is 6.28. The zero-order chi connectivity index (χ0) is 23.1. The Hall–Kier alpha value is -3.15. The molecular formula is C26H30O6. The van der Waals surface area contributed by atoms with Gasteiger partial charge in [0.25, 0.3) is 0 Å². The summed E-state index contributed by atoms with van der Waals surface area (Å²) in [5.41, 5.74) is 1.04. The first-order valence-corrected chi connectivity index (χ1v) is 11.3. The molecule has 6 nitrogen and oxygen atoms in total. The first kappa shape index (κ1) is 23.5. The molecular weight excluding hydrogens is 408 g/mol. The Kier molecular flexibility index (Phi) is 8.03. The van der Waals surface area contributed by atoms with Crippen LogP contribution in [0, 0.1) is 5.92 Å². The number of aromatic hydroxyl groups is 1. The van der Waals surface area contributed by atoms with Gasteiger partial charge in [0.05, 0.1) is 13.2 Å². The van der Waals surface area contributed by atoms with Gasteiger partial charge in [-0.2, -0.15) is 0 Å². The lowest BCUT2D eigenvalue weighted by molar-refractivity contribution is -0.145. The van der Waals surface area contributed by atoms with Crippen molar-refractivity contribution in [3.05, 3.63) is 58.7 Å². The van der Waals surface area contributed by atoms with Gasteiger partial charge in [-0.05, 0) is 55.2 Å². The maximum absolute atomic E-state index is 12.8. The van der Waals surface area contributed by atoms with E-state index >= 15 is 0 Å². The van der Waals surface area contributed by atoms with Crippen molar-refractivity contribution in [3.8, 4) is 11.5 Å². The topological polar surface area (TPSA) is 89.9 Å². The third-order valence-electron chi connectivity index (χ3n) is 5.79. The van der Waals surface area contributed by atoms with E-state index in [-0.39, 0.29) is 52.0 Å². The van der Waals surface area contributed by atoms with Gasteiger partial charge in [-0.3, -0.25) is 14.4 Å². The van der Waals surface area contributed by atoms with E-state index in [4.69, 9.17) is 9.47 Å². The van der Waals surface area contributed by atoms with Gasteiger partial charge in [-0.15, -0.1) is 0 Å². The molecule has 0 radical (unpaired) electrons. The van der Waals surface area contributed by atoms with E-state index in [9.17, 15) is 19.5 Å². The highest BCUT2D eigenvalue weighted by atomic mass is 16.5. The van der Waals surface area contributed by atoms with Gasteiger partial charge in [-0.25, -0.2) is 0 Å². The molecule has 2 aromatic carbocycles. The number of ether oxygens (including phenoxy) is 2. The van der Waals surface area contributed by atoms with Gasteiger partial charge >= 0.3 is 5.97 Å². The van der Waals surface area contributed by atoms with Gasteiger partial charge in [0.1, 0.15) is 11.5 Å². The second-order valence-corrected chi connectivity index (χ2v) is 8.15. The van der Waals surface area contributed by atoms with E-state index < -0.39 is 0 Å². The fraction of sp³-hybridized carbons (Fsp3) is 0.423. The van der Waals surface area contributed by atoms with Crippen LogP contribution in [0.2, 0.25) is 0 Å². The average Bonchev–Trinajstić information content (AvgIpc) is 2.80.